The second kappa shape index (κ2) is 7.10. The van der Waals surface area contributed by atoms with Crippen molar-refractivity contribution in [2.45, 2.75) is 83.2 Å². The first kappa shape index (κ1) is 21.7. The third-order valence-corrected chi connectivity index (χ3v) is 10.4. The van der Waals surface area contributed by atoms with Crippen LogP contribution in [0.1, 0.15) is 87.2 Å². The molecule has 3 saturated carbocycles. The zero-order valence-corrected chi connectivity index (χ0v) is 19.5. The highest BCUT2D eigenvalue weighted by molar-refractivity contribution is 6.06. The summed E-state index contributed by atoms with van der Waals surface area (Å²) in [6.07, 6.45) is 7.90. The van der Waals surface area contributed by atoms with Crippen LogP contribution in [0.5, 0.6) is 0 Å². The highest BCUT2D eigenvalue weighted by atomic mass is 16.7. The van der Waals surface area contributed by atoms with Crippen molar-refractivity contribution in [1.29, 1.82) is 0 Å². The van der Waals surface area contributed by atoms with Gasteiger partial charge in [0.05, 0.1) is 6.10 Å². The molecule has 0 spiro atoms. The zero-order chi connectivity index (χ0) is 23.2. The maximum atomic E-state index is 13.1. The fourth-order valence-electron chi connectivity index (χ4n) is 8.51. The Morgan fingerprint density at radius 1 is 0.970 bits per heavy atom. The van der Waals surface area contributed by atoms with Gasteiger partial charge in [-0.05, 0) is 85.2 Å². The highest BCUT2D eigenvalue weighted by Crippen LogP contribution is 2.66. The number of benzene rings is 1. The Kier molecular flexibility index (Phi) is 4.66. The summed E-state index contributed by atoms with van der Waals surface area (Å²) in [5.41, 5.74) is 2.14. The average molecular weight is 451 g/mol. The first-order valence-electron chi connectivity index (χ1n) is 12.6. The van der Waals surface area contributed by atoms with Gasteiger partial charge in [0.25, 0.3) is 5.79 Å². The Labute approximate surface area is 195 Å². The third kappa shape index (κ3) is 2.82. The molecule has 0 heterocycles. The number of ketones is 2. The number of hydrogen-bond acceptors (Lipinski definition) is 5. The number of Topliss-reactive ketones (excluding diaryl/α,β-unsaturated/α-hetero) is 1. The average Bonchev–Trinajstić information content (AvgIpc) is 3.22. The van der Waals surface area contributed by atoms with E-state index in [1.807, 2.05) is 6.08 Å². The van der Waals surface area contributed by atoms with E-state index in [1.54, 1.807) is 24.3 Å². The van der Waals surface area contributed by atoms with Crippen LogP contribution in [-0.2, 0) is 9.53 Å². The largest absolute Gasteiger partial charge is 0.382 e. The Bertz CT molecular complexity index is 1060. The molecule has 176 valence electrons. The van der Waals surface area contributed by atoms with Crippen LogP contribution in [0, 0.1) is 28.6 Å². The van der Waals surface area contributed by atoms with E-state index >= 15 is 0 Å². The maximum Gasteiger partial charge on any atom is 0.262 e. The summed E-state index contributed by atoms with van der Waals surface area (Å²) >= 11 is 0. The first-order valence-corrected chi connectivity index (χ1v) is 12.6. The van der Waals surface area contributed by atoms with Gasteiger partial charge >= 0.3 is 0 Å². The Morgan fingerprint density at radius 3 is 2.55 bits per heavy atom. The quantitative estimate of drug-likeness (QED) is 0.647. The van der Waals surface area contributed by atoms with Gasteiger partial charge in [0.2, 0.25) is 5.78 Å². The van der Waals surface area contributed by atoms with E-state index in [1.165, 1.54) is 5.57 Å². The standard InChI is InChI=1S/C28H34O5/c1-26-13-11-17(29)15-16(26)7-8-20-21-9-10-23(27(21,2)14-12-22(20)26)33-28(32)24(30)18-5-3-4-6-19(18)25(28)31/h3-6,15,20-24,30,32H,7-14H2,1-2H3. The fourth-order valence-corrected chi connectivity index (χ4v) is 8.51. The molecule has 5 aliphatic carbocycles. The van der Waals surface area contributed by atoms with Crippen molar-refractivity contribution in [2.75, 3.05) is 0 Å². The van der Waals surface area contributed by atoms with Crippen molar-refractivity contribution in [1.82, 2.24) is 0 Å². The van der Waals surface area contributed by atoms with Crippen molar-refractivity contribution < 1.29 is 24.5 Å². The number of fused-ring (bicyclic) bond motifs is 6. The van der Waals surface area contributed by atoms with E-state index in [0.29, 0.717) is 35.3 Å². The normalized spacial score (nSPS) is 46.3. The summed E-state index contributed by atoms with van der Waals surface area (Å²) in [5, 5.41) is 22.2. The molecule has 0 aromatic heterocycles. The predicted molar refractivity (Wildman–Crippen MR) is 122 cm³/mol. The summed E-state index contributed by atoms with van der Waals surface area (Å²) < 4.78 is 6.26. The highest BCUT2D eigenvalue weighted by Gasteiger charge is 2.62. The zero-order valence-electron chi connectivity index (χ0n) is 19.5. The molecule has 0 aliphatic heterocycles. The van der Waals surface area contributed by atoms with Crippen molar-refractivity contribution in [2.24, 2.45) is 28.6 Å². The van der Waals surface area contributed by atoms with E-state index in [-0.39, 0.29) is 22.7 Å². The maximum absolute atomic E-state index is 13.1. The number of aliphatic hydroxyl groups is 2. The molecule has 33 heavy (non-hydrogen) atoms. The topological polar surface area (TPSA) is 83.8 Å². The van der Waals surface area contributed by atoms with Crippen molar-refractivity contribution in [3.8, 4) is 0 Å². The molecule has 8 atom stereocenters. The van der Waals surface area contributed by atoms with Gasteiger partial charge in [-0.1, -0.05) is 43.7 Å². The fraction of sp³-hybridized carbons (Fsp3) is 0.643. The lowest BCUT2D eigenvalue weighted by molar-refractivity contribution is -0.260. The van der Waals surface area contributed by atoms with Crippen LogP contribution in [0.4, 0.5) is 0 Å². The van der Waals surface area contributed by atoms with E-state index < -0.39 is 17.7 Å². The van der Waals surface area contributed by atoms with E-state index in [9.17, 15) is 19.8 Å². The predicted octanol–water partition coefficient (Wildman–Crippen LogP) is 4.52. The van der Waals surface area contributed by atoms with Crippen LogP contribution in [0.2, 0.25) is 0 Å². The lowest BCUT2D eigenvalue weighted by Crippen LogP contribution is -2.54. The molecular weight excluding hydrogens is 416 g/mol. The molecule has 6 rings (SSSR count). The molecule has 0 radical (unpaired) electrons. The molecule has 1 aromatic carbocycles. The smallest absolute Gasteiger partial charge is 0.262 e. The lowest BCUT2D eigenvalue weighted by atomic mass is 9.47. The van der Waals surface area contributed by atoms with Crippen LogP contribution >= 0.6 is 0 Å². The van der Waals surface area contributed by atoms with Crippen LogP contribution in [0.15, 0.2) is 35.9 Å². The minimum absolute atomic E-state index is 0.120. The van der Waals surface area contributed by atoms with Crippen LogP contribution in [-0.4, -0.2) is 33.7 Å². The second-order valence-corrected chi connectivity index (χ2v) is 11.7. The summed E-state index contributed by atoms with van der Waals surface area (Å²) in [4.78, 5) is 25.1. The second-order valence-electron chi connectivity index (χ2n) is 11.7. The number of ether oxygens (including phenoxy) is 1. The van der Waals surface area contributed by atoms with Crippen molar-refractivity contribution in [3.63, 3.8) is 0 Å². The van der Waals surface area contributed by atoms with Crippen LogP contribution in [0.3, 0.4) is 0 Å². The van der Waals surface area contributed by atoms with E-state index in [4.69, 9.17) is 4.74 Å². The number of carbonyl (C=O) groups is 2. The molecule has 0 saturated heterocycles. The SMILES string of the molecule is CC12CCC(=O)C=C1CCC1C2CCC2(C)C(OC3(O)C(=O)c4ccccc4C3O)CCC12. The Morgan fingerprint density at radius 2 is 1.76 bits per heavy atom. The molecule has 3 fully saturated rings. The number of rotatable bonds is 2. The summed E-state index contributed by atoms with van der Waals surface area (Å²) in [5.74, 6) is -0.835. The van der Waals surface area contributed by atoms with Gasteiger partial charge < -0.3 is 14.9 Å². The molecule has 5 heteroatoms. The van der Waals surface area contributed by atoms with Crippen LogP contribution in [0.25, 0.3) is 0 Å². The monoisotopic (exact) mass is 450 g/mol. The minimum atomic E-state index is -2.21. The third-order valence-electron chi connectivity index (χ3n) is 10.4. The van der Waals surface area contributed by atoms with E-state index in [0.717, 1.165) is 44.9 Å². The molecule has 0 bridgehead atoms. The van der Waals surface area contributed by atoms with Gasteiger partial charge in [-0.25, -0.2) is 0 Å². The first-order chi connectivity index (χ1) is 15.7. The van der Waals surface area contributed by atoms with Gasteiger partial charge in [0.15, 0.2) is 5.78 Å². The summed E-state index contributed by atoms with van der Waals surface area (Å²) in [6, 6.07) is 6.84. The molecule has 0 amide bonds. The van der Waals surface area contributed by atoms with Gasteiger partial charge in [-0.15, -0.1) is 0 Å². The molecule has 2 N–H and O–H groups in total. The van der Waals surface area contributed by atoms with Crippen LogP contribution < -0.4 is 0 Å². The summed E-state index contributed by atoms with van der Waals surface area (Å²) in [7, 11) is 0. The molecule has 1 aromatic rings. The van der Waals surface area contributed by atoms with Gasteiger partial charge in [-0.2, -0.15) is 0 Å². The molecular formula is C28H34O5. The number of hydrogen-bond donors (Lipinski definition) is 2. The van der Waals surface area contributed by atoms with E-state index in [2.05, 4.69) is 13.8 Å². The van der Waals surface area contributed by atoms with Crippen molar-refractivity contribution in [3.05, 3.63) is 47.0 Å². The summed E-state index contributed by atoms with van der Waals surface area (Å²) in [6.45, 7) is 4.65. The molecule has 5 nitrogen and oxygen atoms in total. The van der Waals surface area contributed by atoms with Gasteiger partial charge in [0.1, 0.15) is 6.10 Å². The number of aliphatic hydroxyl groups excluding tert-OH is 1. The van der Waals surface area contributed by atoms with Gasteiger partial charge in [0, 0.05) is 12.0 Å². The lowest BCUT2D eigenvalue weighted by Gasteiger charge is -2.58. The number of allylic oxidation sites excluding steroid dienone is 1. The Balaban J connectivity index is 1.27. The molecule has 8 unspecified atom stereocenters. The Hall–Kier alpha value is -1.82. The van der Waals surface area contributed by atoms with Gasteiger partial charge in [-0.3, -0.25) is 9.59 Å². The molecule has 5 aliphatic rings. The minimum Gasteiger partial charge on any atom is -0.382 e. The number of carbonyl (C=O) groups excluding carboxylic acids is 2. The van der Waals surface area contributed by atoms with Crippen molar-refractivity contribution >= 4 is 11.6 Å².